The number of likely N-dealkylation sites (tertiary alicyclic amines) is 1. The number of halogens is 1. The van der Waals surface area contributed by atoms with Crippen LogP contribution in [-0.4, -0.2) is 54.4 Å². The topological polar surface area (TPSA) is 83.7 Å². The van der Waals surface area contributed by atoms with E-state index in [2.05, 4.69) is 15.2 Å². The predicted molar refractivity (Wildman–Crippen MR) is 143 cm³/mol. The molecule has 1 atom stereocenters. The first-order chi connectivity index (χ1) is 17.3. The molecule has 3 aliphatic rings. The summed E-state index contributed by atoms with van der Waals surface area (Å²) in [6, 6.07) is 3.54. The van der Waals surface area contributed by atoms with Gasteiger partial charge < -0.3 is 24.7 Å². The fraction of sp³-hybridized carbons (Fsp3) is 0.556. The summed E-state index contributed by atoms with van der Waals surface area (Å²) in [6.07, 6.45) is 6.80. The van der Waals surface area contributed by atoms with Crippen LogP contribution in [0.4, 0.5) is 0 Å². The summed E-state index contributed by atoms with van der Waals surface area (Å²) in [5, 5.41) is 3.25. The van der Waals surface area contributed by atoms with Gasteiger partial charge >= 0.3 is 0 Å². The van der Waals surface area contributed by atoms with Gasteiger partial charge in [-0.05, 0) is 76.9 Å². The zero-order chi connectivity index (χ0) is 25.4. The molecule has 1 aromatic carbocycles. The molecule has 0 spiro atoms. The van der Waals surface area contributed by atoms with E-state index in [-0.39, 0.29) is 24.1 Å². The van der Waals surface area contributed by atoms with Crippen molar-refractivity contribution >= 4 is 29.3 Å². The van der Waals surface area contributed by atoms with Crippen LogP contribution in [0.25, 0.3) is 0 Å². The molecule has 36 heavy (non-hydrogen) atoms. The van der Waals surface area contributed by atoms with Gasteiger partial charge in [0.05, 0.1) is 5.02 Å². The van der Waals surface area contributed by atoms with Gasteiger partial charge in [-0.25, -0.2) is 0 Å². The molecule has 2 aliphatic heterocycles. The van der Waals surface area contributed by atoms with Crippen LogP contribution in [0.2, 0.25) is 5.02 Å². The number of rotatable bonds is 7. The molecule has 1 aromatic heterocycles. The van der Waals surface area contributed by atoms with Crippen LogP contribution < -0.4 is 20.3 Å². The Balaban J connectivity index is 1.28. The molecule has 2 aromatic rings. The molecule has 5 rings (SSSR count). The zero-order valence-corrected chi connectivity index (χ0v) is 22.7. The van der Waals surface area contributed by atoms with Crippen molar-refractivity contribution in [1.29, 1.82) is 0 Å². The molecule has 1 saturated heterocycles. The van der Waals surface area contributed by atoms with Crippen molar-refractivity contribution in [2.24, 2.45) is 11.8 Å². The van der Waals surface area contributed by atoms with Gasteiger partial charge in [-0.1, -0.05) is 11.6 Å². The van der Waals surface area contributed by atoms with E-state index in [1.54, 1.807) is 6.07 Å². The summed E-state index contributed by atoms with van der Waals surface area (Å²) >= 11 is 8.01. The Morgan fingerprint density at radius 3 is 2.64 bits per heavy atom. The average Bonchev–Trinajstić information content (AvgIpc) is 3.69. The van der Waals surface area contributed by atoms with E-state index < -0.39 is 0 Å². The summed E-state index contributed by atoms with van der Waals surface area (Å²) in [5.41, 5.74) is 2.26. The van der Waals surface area contributed by atoms with Crippen molar-refractivity contribution in [3.05, 3.63) is 49.9 Å². The number of amides is 1. The fourth-order valence-corrected chi connectivity index (χ4v) is 6.22. The summed E-state index contributed by atoms with van der Waals surface area (Å²) in [4.78, 5) is 31.9. The van der Waals surface area contributed by atoms with E-state index in [1.165, 1.54) is 31.1 Å². The minimum Gasteiger partial charge on any atom is -0.484 e. The quantitative estimate of drug-likeness (QED) is 0.510. The lowest BCUT2D eigenvalue weighted by Gasteiger charge is -2.38. The van der Waals surface area contributed by atoms with Gasteiger partial charge in [0.1, 0.15) is 12.7 Å². The molecule has 0 radical (unpaired) electrons. The number of aromatic amines is 1. The van der Waals surface area contributed by atoms with E-state index in [9.17, 15) is 9.59 Å². The smallest absolute Gasteiger partial charge is 0.254 e. The highest BCUT2D eigenvalue weighted by Crippen LogP contribution is 2.44. The van der Waals surface area contributed by atoms with Gasteiger partial charge in [0, 0.05) is 46.3 Å². The SMILES string of the molecule is CSc1cc(C)[nH]c(=O)c1CNC(=O)c1cc(Cl)c2c(c1C)O[C@H](C1CCN(CC3CC3)CC1)CO2. The highest BCUT2D eigenvalue weighted by molar-refractivity contribution is 7.98. The molecule has 1 saturated carbocycles. The highest BCUT2D eigenvalue weighted by Gasteiger charge is 2.35. The number of thioether (sulfide) groups is 1. The molecule has 0 unspecified atom stereocenters. The summed E-state index contributed by atoms with van der Waals surface area (Å²) in [5.74, 6) is 2.09. The van der Waals surface area contributed by atoms with Crippen LogP contribution in [-0.2, 0) is 6.54 Å². The van der Waals surface area contributed by atoms with E-state index in [0.717, 1.165) is 42.4 Å². The minimum atomic E-state index is -0.302. The van der Waals surface area contributed by atoms with Gasteiger partial charge in [0.2, 0.25) is 0 Å². The second kappa shape index (κ2) is 10.7. The van der Waals surface area contributed by atoms with Gasteiger partial charge in [-0.3, -0.25) is 9.59 Å². The Labute approximate surface area is 221 Å². The molecule has 2 N–H and O–H groups in total. The number of nitrogens with one attached hydrogen (secondary N) is 2. The van der Waals surface area contributed by atoms with E-state index in [0.29, 0.717) is 45.7 Å². The Kier molecular flexibility index (Phi) is 7.56. The van der Waals surface area contributed by atoms with E-state index in [1.807, 2.05) is 26.2 Å². The number of benzene rings is 1. The number of carbonyl (C=O) groups excluding carboxylic acids is 1. The van der Waals surface area contributed by atoms with Crippen molar-refractivity contribution in [3.8, 4) is 11.5 Å². The van der Waals surface area contributed by atoms with Crippen molar-refractivity contribution in [2.75, 3.05) is 32.5 Å². The van der Waals surface area contributed by atoms with Crippen molar-refractivity contribution in [2.45, 2.75) is 57.1 Å². The number of fused-ring (bicyclic) bond motifs is 1. The Hall–Kier alpha value is -2.16. The number of nitrogens with zero attached hydrogens (tertiary/aromatic N) is 1. The number of aromatic nitrogens is 1. The lowest BCUT2D eigenvalue weighted by atomic mass is 9.90. The van der Waals surface area contributed by atoms with Crippen LogP contribution in [0.1, 0.15) is 52.9 Å². The maximum Gasteiger partial charge on any atom is 0.254 e. The Bertz CT molecular complexity index is 1200. The van der Waals surface area contributed by atoms with Crippen LogP contribution in [0, 0.1) is 25.7 Å². The maximum atomic E-state index is 13.2. The lowest BCUT2D eigenvalue weighted by molar-refractivity contribution is 0.0195. The highest BCUT2D eigenvalue weighted by atomic mass is 35.5. The number of pyridine rings is 1. The maximum absolute atomic E-state index is 13.2. The van der Waals surface area contributed by atoms with Crippen molar-refractivity contribution in [1.82, 2.24) is 15.2 Å². The van der Waals surface area contributed by atoms with E-state index in [4.69, 9.17) is 21.1 Å². The molecule has 194 valence electrons. The predicted octanol–water partition coefficient (Wildman–Crippen LogP) is 4.56. The monoisotopic (exact) mass is 531 g/mol. The Morgan fingerprint density at radius 2 is 1.94 bits per heavy atom. The number of H-pyrrole nitrogens is 1. The molecule has 7 nitrogen and oxygen atoms in total. The summed E-state index contributed by atoms with van der Waals surface area (Å²) in [6.45, 7) is 7.74. The number of ether oxygens (including phenoxy) is 2. The molecule has 1 aliphatic carbocycles. The first kappa shape index (κ1) is 25.5. The van der Waals surface area contributed by atoms with Gasteiger partial charge in [-0.15, -0.1) is 11.8 Å². The molecule has 0 bridgehead atoms. The minimum absolute atomic E-state index is 0.0519. The van der Waals surface area contributed by atoms with Crippen LogP contribution in [0.15, 0.2) is 21.8 Å². The van der Waals surface area contributed by atoms with Gasteiger partial charge in [-0.2, -0.15) is 0 Å². The summed E-state index contributed by atoms with van der Waals surface area (Å²) < 4.78 is 12.5. The molecule has 2 fully saturated rings. The van der Waals surface area contributed by atoms with Gasteiger partial charge in [0.15, 0.2) is 11.5 Å². The molecular weight excluding hydrogens is 498 g/mol. The summed E-state index contributed by atoms with van der Waals surface area (Å²) in [7, 11) is 0. The van der Waals surface area contributed by atoms with Crippen molar-refractivity contribution in [3.63, 3.8) is 0 Å². The average molecular weight is 532 g/mol. The molecular formula is C27H34ClN3O4S. The van der Waals surface area contributed by atoms with Crippen LogP contribution >= 0.6 is 23.4 Å². The second-order valence-electron chi connectivity index (χ2n) is 10.2. The molecule has 1 amide bonds. The number of piperidine rings is 1. The van der Waals surface area contributed by atoms with Crippen LogP contribution in [0.3, 0.4) is 0 Å². The number of hydrogen-bond donors (Lipinski definition) is 2. The van der Waals surface area contributed by atoms with Gasteiger partial charge in [0.25, 0.3) is 11.5 Å². The third kappa shape index (κ3) is 5.41. The Morgan fingerprint density at radius 1 is 1.19 bits per heavy atom. The standard InChI is InChI=1S/C27H34ClN3O4S/c1-15-10-23(36-3)20(27(33)30-15)12-29-26(32)19-11-21(28)25-24(16(19)2)35-22(14-34-25)18-6-8-31(9-7-18)13-17-4-5-17/h10-11,17-18,22H,4-9,12-14H2,1-3H3,(H,29,32)(H,30,33)/t22-/m0/s1. The third-order valence-electron chi connectivity index (χ3n) is 7.59. The number of hydrogen-bond acceptors (Lipinski definition) is 6. The van der Waals surface area contributed by atoms with E-state index >= 15 is 0 Å². The second-order valence-corrected chi connectivity index (χ2v) is 11.5. The normalized spacial score (nSPS) is 20.4. The first-order valence-electron chi connectivity index (χ1n) is 12.7. The molecule has 3 heterocycles. The fourth-order valence-electron chi connectivity index (χ4n) is 5.27. The molecule has 9 heteroatoms. The zero-order valence-electron chi connectivity index (χ0n) is 21.1. The lowest BCUT2D eigenvalue weighted by Crippen LogP contribution is -2.44. The largest absolute Gasteiger partial charge is 0.484 e. The number of carbonyl (C=O) groups is 1. The van der Waals surface area contributed by atoms with Crippen molar-refractivity contribution < 1.29 is 14.3 Å². The third-order valence-corrected chi connectivity index (χ3v) is 8.68. The first-order valence-corrected chi connectivity index (χ1v) is 14.3. The number of aryl methyl sites for hydroxylation is 1. The van der Waals surface area contributed by atoms with Crippen LogP contribution in [0.5, 0.6) is 11.5 Å².